The lowest BCUT2D eigenvalue weighted by Crippen LogP contribution is -2.39. The standard InChI is InChI=1S/C17H19N5O2/c1-12-3-2-6-22-14(10-18-17(12)22)9-15(23)21-7-4-13(5-8-21)16-19-11-24-20-16/h2-3,6,10-11,13H,4-5,7-9H2,1H3. The quantitative estimate of drug-likeness (QED) is 0.736. The average Bonchev–Trinajstić information content (AvgIpc) is 3.26. The highest BCUT2D eigenvalue weighted by Gasteiger charge is 2.26. The Labute approximate surface area is 139 Å². The van der Waals surface area contributed by atoms with E-state index in [2.05, 4.69) is 15.1 Å². The number of piperidine rings is 1. The van der Waals surface area contributed by atoms with Crippen LogP contribution < -0.4 is 0 Å². The van der Waals surface area contributed by atoms with Crippen LogP contribution >= 0.6 is 0 Å². The fraction of sp³-hybridized carbons (Fsp3) is 0.412. The summed E-state index contributed by atoms with van der Waals surface area (Å²) in [6.45, 7) is 3.48. The zero-order chi connectivity index (χ0) is 16.5. The first-order valence-electron chi connectivity index (χ1n) is 8.18. The third-order valence-electron chi connectivity index (χ3n) is 4.73. The van der Waals surface area contributed by atoms with E-state index in [0.29, 0.717) is 6.42 Å². The number of aromatic nitrogens is 4. The molecule has 3 aromatic rings. The van der Waals surface area contributed by atoms with Crippen molar-refractivity contribution in [3.63, 3.8) is 0 Å². The number of likely N-dealkylation sites (tertiary alicyclic amines) is 1. The van der Waals surface area contributed by atoms with Crippen LogP contribution in [0, 0.1) is 6.92 Å². The van der Waals surface area contributed by atoms with Crippen molar-refractivity contribution in [1.82, 2.24) is 24.4 Å². The van der Waals surface area contributed by atoms with E-state index in [9.17, 15) is 4.79 Å². The normalized spacial score (nSPS) is 16.0. The van der Waals surface area contributed by atoms with Gasteiger partial charge in [0.2, 0.25) is 12.3 Å². The van der Waals surface area contributed by atoms with E-state index in [0.717, 1.165) is 48.7 Å². The molecule has 24 heavy (non-hydrogen) atoms. The number of hydrogen-bond donors (Lipinski definition) is 0. The number of carbonyl (C=O) groups excluding carboxylic acids is 1. The van der Waals surface area contributed by atoms with Gasteiger partial charge in [0.05, 0.1) is 12.1 Å². The van der Waals surface area contributed by atoms with Crippen molar-refractivity contribution in [2.75, 3.05) is 13.1 Å². The summed E-state index contributed by atoms with van der Waals surface area (Å²) in [5.41, 5.74) is 2.95. The van der Waals surface area contributed by atoms with Gasteiger partial charge < -0.3 is 13.8 Å². The molecule has 124 valence electrons. The van der Waals surface area contributed by atoms with Crippen molar-refractivity contribution < 1.29 is 9.32 Å². The molecular weight excluding hydrogens is 306 g/mol. The predicted molar refractivity (Wildman–Crippen MR) is 86.5 cm³/mol. The van der Waals surface area contributed by atoms with Gasteiger partial charge in [-0.1, -0.05) is 11.2 Å². The summed E-state index contributed by atoms with van der Waals surface area (Å²) in [5.74, 6) is 1.18. The molecule has 0 N–H and O–H groups in total. The number of pyridine rings is 1. The van der Waals surface area contributed by atoms with Crippen molar-refractivity contribution in [2.24, 2.45) is 0 Å². The van der Waals surface area contributed by atoms with Gasteiger partial charge in [0.1, 0.15) is 5.65 Å². The fourth-order valence-corrected chi connectivity index (χ4v) is 3.35. The van der Waals surface area contributed by atoms with Crippen LogP contribution in [0.4, 0.5) is 0 Å². The first-order valence-corrected chi connectivity index (χ1v) is 8.18. The van der Waals surface area contributed by atoms with Gasteiger partial charge in [-0.15, -0.1) is 0 Å². The van der Waals surface area contributed by atoms with Gasteiger partial charge in [-0.05, 0) is 31.4 Å². The van der Waals surface area contributed by atoms with Crippen LogP contribution in [0.1, 0.15) is 35.8 Å². The number of hydrogen-bond acceptors (Lipinski definition) is 5. The van der Waals surface area contributed by atoms with Crippen LogP contribution in [0.2, 0.25) is 0 Å². The first-order chi connectivity index (χ1) is 11.7. The molecule has 0 radical (unpaired) electrons. The van der Waals surface area contributed by atoms with Crippen LogP contribution in [0.5, 0.6) is 0 Å². The van der Waals surface area contributed by atoms with Gasteiger partial charge in [0.15, 0.2) is 5.82 Å². The third-order valence-corrected chi connectivity index (χ3v) is 4.73. The number of rotatable bonds is 3. The van der Waals surface area contributed by atoms with E-state index in [1.807, 2.05) is 34.6 Å². The number of carbonyl (C=O) groups is 1. The molecular formula is C17H19N5O2. The molecule has 0 unspecified atom stereocenters. The lowest BCUT2D eigenvalue weighted by atomic mass is 9.96. The van der Waals surface area contributed by atoms with Gasteiger partial charge in [0, 0.05) is 31.4 Å². The van der Waals surface area contributed by atoms with Crippen molar-refractivity contribution in [1.29, 1.82) is 0 Å². The molecule has 4 rings (SSSR count). The van der Waals surface area contributed by atoms with Crippen LogP contribution in [-0.2, 0) is 11.2 Å². The minimum Gasteiger partial charge on any atom is -0.343 e. The maximum Gasteiger partial charge on any atom is 0.228 e. The highest BCUT2D eigenvalue weighted by Crippen LogP contribution is 2.25. The summed E-state index contributed by atoms with van der Waals surface area (Å²) in [4.78, 5) is 23.1. The average molecular weight is 325 g/mol. The molecule has 0 bridgehead atoms. The van der Waals surface area contributed by atoms with Crippen LogP contribution in [0.3, 0.4) is 0 Å². The summed E-state index contributed by atoms with van der Waals surface area (Å²) in [5, 5.41) is 3.91. The number of nitrogens with zero attached hydrogens (tertiary/aromatic N) is 5. The lowest BCUT2D eigenvalue weighted by Gasteiger charge is -2.30. The molecule has 1 aliphatic rings. The number of amides is 1. The Morgan fingerprint density at radius 2 is 2.17 bits per heavy atom. The number of aryl methyl sites for hydroxylation is 1. The van der Waals surface area contributed by atoms with E-state index in [1.165, 1.54) is 6.39 Å². The van der Waals surface area contributed by atoms with E-state index >= 15 is 0 Å². The Bertz CT molecular complexity index is 847. The molecule has 0 spiro atoms. The summed E-state index contributed by atoms with van der Waals surface area (Å²) in [7, 11) is 0. The first kappa shape index (κ1) is 14.9. The largest absolute Gasteiger partial charge is 0.343 e. The van der Waals surface area contributed by atoms with E-state index < -0.39 is 0 Å². The summed E-state index contributed by atoms with van der Waals surface area (Å²) in [6, 6.07) is 4.01. The predicted octanol–water partition coefficient (Wildman–Crippen LogP) is 1.97. The highest BCUT2D eigenvalue weighted by atomic mass is 16.5. The Hall–Kier alpha value is -2.70. The molecule has 1 saturated heterocycles. The summed E-state index contributed by atoms with van der Waals surface area (Å²) < 4.78 is 6.81. The molecule has 0 saturated carbocycles. The van der Waals surface area contributed by atoms with Gasteiger partial charge in [0.25, 0.3) is 0 Å². The molecule has 7 nitrogen and oxygen atoms in total. The fourth-order valence-electron chi connectivity index (χ4n) is 3.35. The second-order valence-electron chi connectivity index (χ2n) is 6.26. The van der Waals surface area contributed by atoms with Crippen LogP contribution in [-0.4, -0.2) is 43.4 Å². The van der Waals surface area contributed by atoms with Crippen molar-refractivity contribution in [3.05, 3.63) is 48.0 Å². The Kier molecular flexibility index (Phi) is 3.76. The van der Waals surface area contributed by atoms with Gasteiger partial charge >= 0.3 is 0 Å². The Balaban J connectivity index is 1.42. The minimum atomic E-state index is 0.143. The van der Waals surface area contributed by atoms with Crippen molar-refractivity contribution >= 4 is 11.6 Å². The molecule has 1 aliphatic heterocycles. The molecule has 0 aliphatic carbocycles. The Morgan fingerprint density at radius 1 is 1.33 bits per heavy atom. The van der Waals surface area contributed by atoms with Crippen LogP contribution in [0.15, 0.2) is 35.4 Å². The zero-order valence-electron chi connectivity index (χ0n) is 13.6. The lowest BCUT2D eigenvalue weighted by molar-refractivity contribution is -0.131. The minimum absolute atomic E-state index is 0.143. The van der Waals surface area contributed by atoms with Crippen molar-refractivity contribution in [2.45, 2.75) is 32.1 Å². The number of fused-ring (bicyclic) bond motifs is 1. The second-order valence-corrected chi connectivity index (χ2v) is 6.26. The molecule has 1 amide bonds. The molecule has 0 atom stereocenters. The SMILES string of the molecule is Cc1cccn2c(CC(=O)N3CCC(c4ncon4)CC3)cnc12. The van der Waals surface area contributed by atoms with Gasteiger partial charge in [-0.2, -0.15) is 4.98 Å². The molecule has 1 fully saturated rings. The highest BCUT2D eigenvalue weighted by molar-refractivity contribution is 5.78. The van der Waals surface area contributed by atoms with E-state index in [4.69, 9.17) is 4.52 Å². The monoisotopic (exact) mass is 325 g/mol. The maximum atomic E-state index is 12.6. The van der Waals surface area contributed by atoms with E-state index in [-0.39, 0.29) is 11.8 Å². The Morgan fingerprint density at radius 3 is 2.92 bits per heavy atom. The second kappa shape index (κ2) is 6.07. The van der Waals surface area contributed by atoms with Crippen LogP contribution in [0.25, 0.3) is 5.65 Å². The summed E-state index contributed by atoms with van der Waals surface area (Å²) in [6.07, 6.45) is 7.23. The third kappa shape index (κ3) is 2.66. The molecule has 4 heterocycles. The smallest absolute Gasteiger partial charge is 0.228 e. The summed E-state index contributed by atoms with van der Waals surface area (Å²) >= 11 is 0. The van der Waals surface area contributed by atoms with Crippen molar-refractivity contribution in [3.8, 4) is 0 Å². The topological polar surface area (TPSA) is 76.5 Å². The van der Waals surface area contributed by atoms with Gasteiger partial charge in [-0.3, -0.25) is 4.79 Å². The molecule has 3 aromatic heterocycles. The van der Waals surface area contributed by atoms with Gasteiger partial charge in [-0.25, -0.2) is 4.98 Å². The zero-order valence-corrected chi connectivity index (χ0v) is 13.6. The molecule has 7 heteroatoms. The van der Waals surface area contributed by atoms with E-state index in [1.54, 1.807) is 6.20 Å². The number of imidazole rings is 1. The molecule has 0 aromatic carbocycles. The maximum absolute atomic E-state index is 12.6.